The highest BCUT2D eigenvalue weighted by molar-refractivity contribution is 9.09. The molecule has 0 fully saturated rings. The highest BCUT2D eigenvalue weighted by Crippen LogP contribution is 2.13. The molecule has 0 bridgehead atoms. The average molecular weight is 300 g/mol. The van der Waals surface area contributed by atoms with Crippen molar-refractivity contribution < 1.29 is 9.53 Å². The molecule has 0 aliphatic rings. The molecule has 17 heavy (non-hydrogen) atoms. The Kier molecular flexibility index (Phi) is 5.65. The van der Waals surface area contributed by atoms with Crippen molar-refractivity contribution >= 4 is 21.8 Å². The number of carbonyl (C=O) groups excluding carboxylic acids is 1. The Bertz CT molecular complexity index is 373. The standard InChI is InChI=1S/C13H18BrNO2/c1-9-5-4-6-10(2)12(9)13(16)15-11(7-14)8-17-3/h4-6,11H,7-8H2,1-3H3,(H,15,16). The van der Waals surface area contributed by atoms with Crippen molar-refractivity contribution in [2.24, 2.45) is 0 Å². The van der Waals surface area contributed by atoms with Gasteiger partial charge in [-0.3, -0.25) is 4.79 Å². The molecule has 1 aromatic carbocycles. The van der Waals surface area contributed by atoms with Gasteiger partial charge in [-0.25, -0.2) is 0 Å². The van der Waals surface area contributed by atoms with Crippen molar-refractivity contribution in [1.29, 1.82) is 0 Å². The molecule has 1 atom stereocenters. The molecule has 1 unspecified atom stereocenters. The first-order valence-corrected chi connectivity index (χ1v) is 6.64. The Labute approximate surface area is 111 Å². The van der Waals surface area contributed by atoms with Gasteiger partial charge in [0.2, 0.25) is 0 Å². The van der Waals surface area contributed by atoms with Crippen molar-refractivity contribution in [1.82, 2.24) is 5.32 Å². The van der Waals surface area contributed by atoms with E-state index in [9.17, 15) is 4.79 Å². The number of methoxy groups -OCH3 is 1. The molecule has 0 saturated carbocycles. The van der Waals surface area contributed by atoms with Crippen LogP contribution in [0.5, 0.6) is 0 Å². The molecule has 94 valence electrons. The lowest BCUT2D eigenvalue weighted by molar-refractivity contribution is 0.0906. The van der Waals surface area contributed by atoms with Crippen molar-refractivity contribution in [2.75, 3.05) is 19.0 Å². The summed E-state index contributed by atoms with van der Waals surface area (Å²) in [5, 5.41) is 3.63. The van der Waals surface area contributed by atoms with Gasteiger partial charge in [0.25, 0.3) is 5.91 Å². The van der Waals surface area contributed by atoms with E-state index in [1.165, 1.54) is 0 Å². The van der Waals surface area contributed by atoms with E-state index in [4.69, 9.17) is 4.74 Å². The minimum atomic E-state index is -0.0397. The Balaban J connectivity index is 2.82. The van der Waals surface area contributed by atoms with E-state index in [0.717, 1.165) is 16.7 Å². The highest BCUT2D eigenvalue weighted by atomic mass is 79.9. The lowest BCUT2D eigenvalue weighted by atomic mass is 10.0. The Morgan fingerprint density at radius 3 is 2.47 bits per heavy atom. The van der Waals surface area contributed by atoms with Crippen molar-refractivity contribution in [3.8, 4) is 0 Å². The molecule has 1 N–H and O–H groups in total. The van der Waals surface area contributed by atoms with Crippen LogP contribution in [-0.4, -0.2) is 31.0 Å². The van der Waals surface area contributed by atoms with Gasteiger partial charge >= 0.3 is 0 Å². The third-order valence-corrected chi connectivity index (χ3v) is 3.38. The zero-order valence-electron chi connectivity index (χ0n) is 10.4. The number of aryl methyl sites for hydroxylation is 2. The Morgan fingerprint density at radius 2 is 2.00 bits per heavy atom. The van der Waals surface area contributed by atoms with Crippen molar-refractivity contribution in [2.45, 2.75) is 19.9 Å². The molecule has 0 radical (unpaired) electrons. The Hall–Kier alpha value is -0.870. The first-order valence-electron chi connectivity index (χ1n) is 5.52. The first-order chi connectivity index (χ1) is 8.10. The van der Waals surface area contributed by atoms with E-state index in [1.807, 2.05) is 32.0 Å². The summed E-state index contributed by atoms with van der Waals surface area (Å²) in [6.07, 6.45) is 0. The molecule has 0 aromatic heterocycles. The SMILES string of the molecule is COCC(CBr)NC(=O)c1c(C)cccc1C. The third-order valence-electron chi connectivity index (χ3n) is 2.60. The maximum absolute atomic E-state index is 12.1. The van der Waals surface area contributed by atoms with E-state index in [-0.39, 0.29) is 11.9 Å². The summed E-state index contributed by atoms with van der Waals surface area (Å²) >= 11 is 3.36. The summed E-state index contributed by atoms with van der Waals surface area (Å²) in [6.45, 7) is 4.39. The molecule has 3 nitrogen and oxygen atoms in total. The van der Waals surface area contributed by atoms with Crippen LogP contribution >= 0.6 is 15.9 Å². The van der Waals surface area contributed by atoms with Crippen LogP contribution in [0.25, 0.3) is 0 Å². The topological polar surface area (TPSA) is 38.3 Å². The second-order valence-electron chi connectivity index (χ2n) is 4.05. The summed E-state index contributed by atoms with van der Waals surface area (Å²) in [5.74, 6) is -0.0397. The summed E-state index contributed by atoms with van der Waals surface area (Å²) in [5.41, 5.74) is 2.75. The van der Waals surface area contributed by atoms with Gasteiger partial charge in [0.05, 0.1) is 12.6 Å². The zero-order chi connectivity index (χ0) is 12.8. The van der Waals surface area contributed by atoms with Crippen LogP contribution in [0.15, 0.2) is 18.2 Å². The smallest absolute Gasteiger partial charge is 0.252 e. The van der Waals surface area contributed by atoms with Gasteiger partial charge in [0, 0.05) is 18.0 Å². The molecular weight excluding hydrogens is 282 g/mol. The van der Waals surface area contributed by atoms with Crippen molar-refractivity contribution in [3.63, 3.8) is 0 Å². The van der Waals surface area contributed by atoms with Crippen LogP contribution in [0.1, 0.15) is 21.5 Å². The molecule has 0 saturated heterocycles. The fourth-order valence-electron chi connectivity index (χ4n) is 1.76. The lowest BCUT2D eigenvalue weighted by Crippen LogP contribution is -2.39. The normalized spacial score (nSPS) is 12.2. The largest absolute Gasteiger partial charge is 0.383 e. The molecule has 0 aliphatic heterocycles. The Morgan fingerprint density at radius 1 is 1.41 bits per heavy atom. The number of benzene rings is 1. The number of hydrogen-bond donors (Lipinski definition) is 1. The quantitative estimate of drug-likeness (QED) is 0.848. The van der Waals surface area contributed by atoms with Gasteiger partial charge in [-0.05, 0) is 25.0 Å². The number of rotatable bonds is 5. The molecule has 1 amide bonds. The monoisotopic (exact) mass is 299 g/mol. The van der Waals surface area contributed by atoms with Crippen LogP contribution in [0.3, 0.4) is 0 Å². The van der Waals surface area contributed by atoms with E-state index in [1.54, 1.807) is 7.11 Å². The molecule has 0 heterocycles. The molecule has 0 aliphatic carbocycles. The van der Waals surface area contributed by atoms with Crippen LogP contribution < -0.4 is 5.32 Å². The molecule has 1 rings (SSSR count). The molecule has 4 heteroatoms. The third kappa shape index (κ3) is 3.82. The van der Waals surface area contributed by atoms with E-state index >= 15 is 0 Å². The van der Waals surface area contributed by atoms with Gasteiger partial charge in [-0.2, -0.15) is 0 Å². The number of ether oxygens (including phenoxy) is 1. The van der Waals surface area contributed by atoms with Crippen molar-refractivity contribution in [3.05, 3.63) is 34.9 Å². The van der Waals surface area contributed by atoms with Gasteiger partial charge in [-0.1, -0.05) is 34.1 Å². The van der Waals surface area contributed by atoms with Crippen LogP contribution in [0, 0.1) is 13.8 Å². The summed E-state index contributed by atoms with van der Waals surface area (Å²) in [6, 6.07) is 5.84. The highest BCUT2D eigenvalue weighted by Gasteiger charge is 2.15. The maximum Gasteiger partial charge on any atom is 0.252 e. The summed E-state index contributed by atoms with van der Waals surface area (Å²) in [7, 11) is 1.63. The maximum atomic E-state index is 12.1. The number of amides is 1. The van der Waals surface area contributed by atoms with Crippen LogP contribution in [0.4, 0.5) is 0 Å². The minimum Gasteiger partial charge on any atom is -0.383 e. The number of halogens is 1. The minimum absolute atomic E-state index is 0.00786. The number of hydrogen-bond acceptors (Lipinski definition) is 2. The second-order valence-corrected chi connectivity index (χ2v) is 4.69. The first kappa shape index (κ1) is 14.2. The van der Waals surface area contributed by atoms with Gasteiger partial charge in [0.1, 0.15) is 0 Å². The predicted octanol–water partition coefficient (Wildman–Crippen LogP) is 2.44. The van der Waals surface area contributed by atoms with Gasteiger partial charge in [0.15, 0.2) is 0 Å². The van der Waals surface area contributed by atoms with Crippen LogP contribution in [-0.2, 0) is 4.74 Å². The fraction of sp³-hybridized carbons (Fsp3) is 0.462. The lowest BCUT2D eigenvalue weighted by Gasteiger charge is -2.17. The summed E-state index contributed by atoms with van der Waals surface area (Å²) < 4.78 is 5.05. The molecule has 1 aromatic rings. The fourth-order valence-corrected chi connectivity index (χ4v) is 2.10. The molecular formula is C13H18BrNO2. The van der Waals surface area contributed by atoms with E-state index in [2.05, 4.69) is 21.2 Å². The average Bonchev–Trinajstić information content (AvgIpc) is 2.28. The number of alkyl halides is 1. The second kappa shape index (κ2) is 6.77. The van der Waals surface area contributed by atoms with Gasteiger partial charge in [-0.15, -0.1) is 0 Å². The zero-order valence-corrected chi connectivity index (χ0v) is 12.0. The van der Waals surface area contributed by atoms with Crippen LogP contribution in [0.2, 0.25) is 0 Å². The summed E-state index contributed by atoms with van der Waals surface area (Å²) in [4.78, 5) is 12.1. The van der Waals surface area contributed by atoms with E-state index in [0.29, 0.717) is 11.9 Å². The number of nitrogens with one attached hydrogen (secondary N) is 1. The molecule has 0 spiro atoms. The number of carbonyl (C=O) groups is 1. The van der Waals surface area contributed by atoms with Gasteiger partial charge < -0.3 is 10.1 Å². The van der Waals surface area contributed by atoms with E-state index < -0.39 is 0 Å². The predicted molar refractivity (Wildman–Crippen MR) is 72.8 cm³/mol.